The van der Waals surface area contributed by atoms with E-state index in [1.165, 1.54) is 19.3 Å². The minimum absolute atomic E-state index is 0.130. The Morgan fingerprint density at radius 2 is 1.79 bits per heavy atom. The highest BCUT2D eigenvalue weighted by molar-refractivity contribution is 5.95. The molecule has 0 unspecified atom stereocenters. The predicted molar refractivity (Wildman–Crippen MR) is 132 cm³/mol. The van der Waals surface area contributed by atoms with Crippen LogP contribution in [-0.2, 0) is 4.79 Å². The lowest BCUT2D eigenvalue weighted by Gasteiger charge is -2.32. The third-order valence-corrected chi connectivity index (χ3v) is 6.84. The second-order valence-corrected chi connectivity index (χ2v) is 10.1. The second kappa shape index (κ2) is 13.3. The summed E-state index contributed by atoms with van der Waals surface area (Å²) in [4.78, 5) is 28.2. The maximum atomic E-state index is 12.9. The van der Waals surface area contributed by atoms with E-state index < -0.39 is 6.04 Å². The Morgan fingerprint density at radius 3 is 2.47 bits per heavy atom. The van der Waals surface area contributed by atoms with Crippen molar-refractivity contribution in [1.29, 1.82) is 5.26 Å². The van der Waals surface area contributed by atoms with Crippen LogP contribution in [0.3, 0.4) is 0 Å². The van der Waals surface area contributed by atoms with Gasteiger partial charge < -0.3 is 15.4 Å². The van der Waals surface area contributed by atoms with Gasteiger partial charge in [0.1, 0.15) is 18.4 Å². The van der Waals surface area contributed by atoms with Crippen molar-refractivity contribution in [3.8, 4) is 11.8 Å². The Hall–Kier alpha value is -2.59. The van der Waals surface area contributed by atoms with Crippen molar-refractivity contribution in [2.75, 3.05) is 26.2 Å². The fourth-order valence-corrected chi connectivity index (χ4v) is 4.94. The van der Waals surface area contributed by atoms with Crippen LogP contribution in [-0.4, -0.2) is 55.0 Å². The lowest BCUT2D eigenvalue weighted by Crippen LogP contribution is -2.50. The van der Waals surface area contributed by atoms with Crippen LogP contribution in [0.5, 0.6) is 5.75 Å². The summed E-state index contributed by atoms with van der Waals surface area (Å²) in [5, 5.41) is 15.3. The van der Waals surface area contributed by atoms with Crippen LogP contribution in [0, 0.1) is 23.2 Å². The fraction of sp³-hybridized carbons (Fsp3) is 0.667. The molecule has 3 rings (SSSR count). The first-order valence-electron chi connectivity index (χ1n) is 12.9. The van der Waals surface area contributed by atoms with Gasteiger partial charge in [0.15, 0.2) is 0 Å². The molecular weight excluding hydrogens is 428 g/mol. The van der Waals surface area contributed by atoms with E-state index in [1.807, 2.05) is 26.0 Å². The summed E-state index contributed by atoms with van der Waals surface area (Å²) in [6, 6.07) is 8.69. The number of ether oxygens (including phenoxy) is 1. The first-order valence-corrected chi connectivity index (χ1v) is 12.9. The minimum atomic E-state index is -0.492. The zero-order chi connectivity index (χ0) is 24.3. The number of nitrogens with one attached hydrogen (secondary N) is 2. The monoisotopic (exact) mass is 468 g/mol. The first-order chi connectivity index (χ1) is 16.5. The number of benzene rings is 1. The van der Waals surface area contributed by atoms with Gasteiger partial charge in [0, 0.05) is 18.2 Å². The Morgan fingerprint density at radius 1 is 1.09 bits per heavy atom. The van der Waals surface area contributed by atoms with Gasteiger partial charge in [0.2, 0.25) is 5.91 Å². The van der Waals surface area contributed by atoms with Crippen molar-refractivity contribution in [1.82, 2.24) is 15.5 Å². The number of rotatable bonds is 10. The number of hydrogen-bond acceptors (Lipinski definition) is 5. The average molecular weight is 469 g/mol. The van der Waals surface area contributed by atoms with Crippen molar-refractivity contribution in [3.05, 3.63) is 29.8 Å². The molecule has 2 fully saturated rings. The molecule has 7 heteroatoms. The van der Waals surface area contributed by atoms with Crippen molar-refractivity contribution in [2.24, 2.45) is 11.8 Å². The van der Waals surface area contributed by atoms with Crippen molar-refractivity contribution < 1.29 is 14.3 Å². The molecule has 0 spiro atoms. The van der Waals surface area contributed by atoms with Crippen molar-refractivity contribution in [2.45, 2.75) is 77.3 Å². The highest BCUT2D eigenvalue weighted by Crippen LogP contribution is 2.26. The molecule has 2 aliphatic rings. The van der Waals surface area contributed by atoms with Crippen molar-refractivity contribution in [3.63, 3.8) is 0 Å². The van der Waals surface area contributed by atoms with Gasteiger partial charge in [-0.15, -0.1) is 0 Å². The van der Waals surface area contributed by atoms with E-state index in [-0.39, 0.29) is 23.8 Å². The number of nitriles is 1. The van der Waals surface area contributed by atoms with Crippen LogP contribution in [0.4, 0.5) is 0 Å². The molecule has 1 aliphatic heterocycles. The summed E-state index contributed by atoms with van der Waals surface area (Å²) < 4.78 is 5.86. The van der Waals surface area contributed by atoms with E-state index in [4.69, 9.17) is 4.74 Å². The smallest absolute Gasteiger partial charge is 0.251 e. The Labute approximate surface area is 204 Å². The van der Waals surface area contributed by atoms with E-state index in [1.54, 1.807) is 12.1 Å². The molecule has 0 radical (unpaired) electrons. The summed E-state index contributed by atoms with van der Waals surface area (Å²) >= 11 is 0. The van der Waals surface area contributed by atoms with Gasteiger partial charge in [-0.3, -0.25) is 14.5 Å². The third-order valence-electron chi connectivity index (χ3n) is 6.84. The highest BCUT2D eigenvalue weighted by atomic mass is 16.5. The molecule has 1 saturated heterocycles. The molecule has 7 nitrogen and oxygen atoms in total. The second-order valence-electron chi connectivity index (χ2n) is 10.1. The summed E-state index contributed by atoms with van der Waals surface area (Å²) in [6.45, 7) is 7.94. The summed E-state index contributed by atoms with van der Waals surface area (Å²) in [7, 11) is 0. The minimum Gasteiger partial charge on any atom is -0.492 e. The van der Waals surface area contributed by atoms with Gasteiger partial charge in [-0.25, -0.2) is 0 Å². The molecule has 1 saturated carbocycles. The molecule has 1 aromatic carbocycles. The fourth-order valence-electron chi connectivity index (χ4n) is 4.94. The third kappa shape index (κ3) is 8.02. The number of carbonyl (C=O) groups excluding carboxylic acids is 2. The van der Waals surface area contributed by atoms with Gasteiger partial charge in [-0.2, -0.15) is 5.26 Å². The van der Waals surface area contributed by atoms with Gasteiger partial charge in [-0.1, -0.05) is 33.1 Å². The van der Waals surface area contributed by atoms with Gasteiger partial charge in [0.05, 0.1) is 12.0 Å². The number of hydrogen-bond donors (Lipinski definition) is 2. The average Bonchev–Trinajstić information content (AvgIpc) is 2.84. The number of amides is 2. The molecule has 1 heterocycles. The lowest BCUT2D eigenvalue weighted by atomic mass is 9.83. The molecule has 1 aromatic rings. The van der Waals surface area contributed by atoms with Crippen molar-refractivity contribution >= 4 is 11.8 Å². The van der Waals surface area contributed by atoms with Crippen LogP contribution in [0.1, 0.15) is 75.6 Å². The maximum absolute atomic E-state index is 12.9. The quantitative estimate of drug-likeness (QED) is 0.543. The number of piperidine rings is 1. The molecular formula is C27H40N4O3. The summed E-state index contributed by atoms with van der Waals surface area (Å²) in [6.07, 6.45) is 7.91. The molecule has 3 atom stereocenters. The van der Waals surface area contributed by atoms with E-state index in [2.05, 4.69) is 21.6 Å². The Kier molecular flexibility index (Phi) is 10.2. The van der Waals surface area contributed by atoms with E-state index in [0.717, 1.165) is 51.1 Å². The molecule has 2 amide bonds. The van der Waals surface area contributed by atoms with E-state index >= 15 is 0 Å². The molecule has 1 aliphatic carbocycles. The maximum Gasteiger partial charge on any atom is 0.251 e. The molecule has 0 aromatic heterocycles. The zero-order valence-corrected chi connectivity index (χ0v) is 20.7. The topological polar surface area (TPSA) is 94.5 Å². The zero-order valence-electron chi connectivity index (χ0n) is 20.7. The van der Waals surface area contributed by atoms with Gasteiger partial charge in [0.25, 0.3) is 5.91 Å². The molecule has 186 valence electrons. The molecule has 2 N–H and O–H groups in total. The van der Waals surface area contributed by atoms with Gasteiger partial charge >= 0.3 is 0 Å². The Bertz CT molecular complexity index is 827. The van der Waals surface area contributed by atoms with Crippen LogP contribution in [0.25, 0.3) is 0 Å². The Balaban J connectivity index is 1.50. The van der Waals surface area contributed by atoms with Crippen LogP contribution in [0.15, 0.2) is 24.3 Å². The number of likely N-dealkylation sites (tertiary alicyclic amines) is 1. The summed E-state index contributed by atoms with van der Waals surface area (Å²) in [5.41, 5.74) is 0.558. The van der Waals surface area contributed by atoms with Crippen LogP contribution < -0.4 is 15.4 Å². The first kappa shape index (κ1) is 26.0. The van der Waals surface area contributed by atoms with Crippen LogP contribution >= 0.6 is 0 Å². The standard InChI is InChI=1S/C27H40N4O3/c1-20(2)18-22(19-28)29-27(33)24-8-4-5-9-25(24)30-26(32)21-10-12-23(13-11-21)34-17-16-31-14-6-3-7-15-31/h10-13,20,22,24-25H,3-9,14-18H2,1-2H3,(H,29,33)(H,30,32)/t22-,24+,25-/m0/s1. The highest BCUT2D eigenvalue weighted by Gasteiger charge is 2.33. The lowest BCUT2D eigenvalue weighted by molar-refractivity contribution is -0.127. The largest absolute Gasteiger partial charge is 0.492 e. The number of nitrogens with zero attached hydrogens (tertiary/aromatic N) is 2. The summed E-state index contributed by atoms with van der Waals surface area (Å²) in [5.74, 6) is 0.469. The molecule has 34 heavy (non-hydrogen) atoms. The van der Waals surface area contributed by atoms with Gasteiger partial charge in [-0.05, 0) is 75.4 Å². The van der Waals surface area contributed by atoms with E-state index in [0.29, 0.717) is 24.5 Å². The van der Waals surface area contributed by atoms with Crippen LogP contribution in [0.2, 0.25) is 0 Å². The van der Waals surface area contributed by atoms with E-state index in [9.17, 15) is 14.9 Å². The molecule has 0 bridgehead atoms. The normalized spacial score (nSPS) is 21.9. The predicted octanol–water partition coefficient (Wildman–Crippen LogP) is 3.89. The SMILES string of the molecule is CC(C)C[C@@H](C#N)NC(=O)[C@@H]1CCCC[C@@H]1NC(=O)c1ccc(OCCN2CCCCC2)cc1. The number of carbonyl (C=O) groups is 2.